The van der Waals surface area contributed by atoms with Gasteiger partial charge in [0, 0.05) is 16.1 Å². The van der Waals surface area contributed by atoms with E-state index in [9.17, 15) is 9.59 Å². The van der Waals surface area contributed by atoms with E-state index < -0.39 is 0 Å². The quantitative estimate of drug-likeness (QED) is 0.553. The van der Waals surface area contributed by atoms with Gasteiger partial charge in [-0.1, -0.05) is 47.3 Å². The highest BCUT2D eigenvalue weighted by Gasteiger charge is 2.22. The van der Waals surface area contributed by atoms with Crippen molar-refractivity contribution in [3.8, 4) is 0 Å². The summed E-state index contributed by atoms with van der Waals surface area (Å²) in [4.78, 5) is 29.9. The SMILES string of the molecule is O=C(Cn1c(CNC(=O)C2CCCCC2)nc2ccccc21)Nc1ccc(Br)cc1. The van der Waals surface area contributed by atoms with Gasteiger partial charge in [0.2, 0.25) is 11.8 Å². The molecule has 3 aromatic rings. The summed E-state index contributed by atoms with van der Waals surface area (Å²) in [6, 6.07) is 15.2. The molecule has 1 aliphatic carbocycles. The molecule has 1 aromatic heterocycles. The molecule has 30 heavy (non-hydrogen) atoms. The predicted octanol–water partition coefficient (Wildman–Crippen LogP) is 4.63. The van der Waals surface area contributed by atoms with Crippen molar-refractivity contribution >= 4 is 44.5 Å². The summed E-state index contributed by atoms with van der Waals surface area (Å²) in [5, 5.41) is 5.96. The van der Waals surface area contributed by atoms with Crippen LogP contribution >= 0.6 is 15.9 Å². The van der Waals surface area contributed by atoms with Crippen LogP contribution in [0.5, 0.6) is 0 Å². The summed E-state index contributed by atoms with van der Waals surface area (Å²) in [6.45, 7) is 0.445. The number of carbonyl (C=O) groups excluding carboxylic acids is 2. The highest BCUT2D eigenvalue weighted by Crippen LogP contribution is 2.24. The van der Waals surface area contributed by atoms with Gasteiger partial charge in [0.25, 0.3) is 0 Å². The van der Waals surface area contributed by atoms with E-state index in [0.717, 1.165) is 46.9 Å². The van der Waals surface area contributed by atoms with Crippen LogP contribution in [0.2, 0.25) is 0 Å². The van der Waals surface area contributed by atoms with E-state index >= 15 is 0 Å². The number of aromatic nitrogens is 2. The predicted molar refractivity (Wildman–Crippen MR) is 121 cm³/mol. The number of nitrogens with one attached hydrogen (secondary N) is 2. The Balaban J connectivity index is 1.49. The topological polar surface area (TPSA) is 76.0 Å². The molecule has 156 valence electrons. The molecule has 0 saturated heterocycles. The first-order valence-corrected chi connectivity index (χ1v) is 11.2. The lowest BCUT2D eigenvalue weighted by molar-refractivity contribution is -0.126. The van der Waals surface area contributed by atoms with Crippen LogP contribution in [-0.4, -0.2) is 21.4 Å². The van der Waals surface area contributed by atoms with E-state index in [0.29, 0.717) is 12.4 Å². The van der Waals surface area contributed by atoms with E-state index in [1.54, 1.807) is 0 Å². The second kappa shape index (κ2) is 9.43. The van der Waals surface area contributed by atoms with E-state index in [1.165, 1.54) is 6.42 Å². The number of rotatable bonds is 6. The van der Waals surface area contributed by atoms with Crippen molar-refractivity contribution in [3.05, 3.63) is 58.8 Å². The minimum absolute atomic E-state index is 0.0904. The van der Waals surface area contributed by atoms with Crippen molar-refractivity contribution in [2.75, 3.05) is 5.32 Å². The number of nitrogens with zero attached hydrogens (tertiary/aromatic N) is 2. The highest BCUT2D eigenvalue weighted by atomic mass is 79.9. The Kier molecular flexibility index (Phi) is 6.47. The van der Waals surface area contributed by atoms with Gasteiger partial charge in [-0.05, 0) is 49.2 Å². The molecule has 0 spiro atoms. The van der Waals surface area contributed by atoms with Gasteiger partial charge in [-0.15, -0.1) is 0 Å². The number of carbonyl (C=O) groups is 2. The fraction of sp³-hybridized carbons (Fsp3) is 0.348. The fourth-order valence-electron chi connectivity index (χ4n) is 3.99. The Labute approximate surface area is 184 Å². The van der Waals surface area contributed by atoms with Crippen molar-refractivity contribution in [2.45, 2.75) is 45.2 Å². The molecule has 0 atom stereocenters. The Morgan fingerprint density at radius 1 is 1.03 bits per heavy atom. The molecule has 2 amide bonds. The molecular weight excluding hydrogens is 444 g/mol. The monoisotopic (exact) mass is 468 g/mol. The van der Waals surface area contributed by atoms with E-state index in [1.807, 2.05) is 53.1 Å². The molecule has 1 aliphatic rings. The first-order chi connectivity index (χ1) is 14.6. The number of benzene rings is 2. The molecule has 6 nitrogen and oxygen atoms in total. The molecule has 2 aromatic carbocycles. The normalized spacial score (nSPS) is 14.6. The van der Waals surface area contributed by atoms with Crippen molar-refractivity contribution < 1.29 is 9.59 Å². The van der Waals surface area contributed by atoms with Gasteiger partial charge in [-0.3, -0.25) is 9.59 Å². The van der Waals surface area contributed by atoms with E-state index in [4.69, 9.17) is 0 Å². The molecule has 1 saturated carbocycles. The Morgan fingerprint density at radius 2 is 1.77 bits per heavy atom. The van der Waals surface area contributed by atoms with Crippen molar-refractivity contribution in [3.63, 3.8) is 0 Å². The largest absolute Gasteiger partial charge is 0.349 e. The lowest BCUT2D eigenvalue weighted by Gasteiger charge is -2.20. The van der Waals surface area contributed by atoms with Crippen LogP contribution in [-0.2, 0) is 22.7 Å². The maximum Gasteiger partial charge on any atom is 0.244 e. The molecule has 1 heterocycles. The maximum atomic E-state index is 12.7. The van der Waals surface area contributed by atoms with Crippen LogP contribution in [0.1, 0.15) is 37.9 Å². The van der Waals surface area contributed by atoms with Gasteiger partial charge in [0.05, 0.1) is 17.6 Å². The van der Waals surface area contributed by atoms with Crippen LogP contribution in [0.4, 0.5) is 5.69 Å². The van der Waals surface area contributed by atoms with Crippen molar-refractivity contribution in [1.82, 2.24) is 14.9 Å². The zero-order valence-corrected chi connectivity index (χ0v) is 18.3. The molecule has 0 aliphatic heterocycles. The smallest absolute Gasteiger partial charge is 0.244 e. The van der Waals surface area contributed by atoms with Crippen LogP contribution in [0.25, 0.3) is 11.0 Å². The van der Waals surface area contributed by atoms with Crippen molar-refractivity contribution in [2.24, 2.45) is 5.92 Å². The van der Waals surface area contributed by atoms with Gasteiger partial charge >= 0.3 is 0 Å². The van der Waals surface area contributed by atoms with Gasteiger partial charge in [-0.25, -0.2) is 4.98 Å². The molecule has 4 rings (SSSR count). The number of halogens is 1. The van der Waals surface area contributed by atoms with Crippen molar-refractivity contribution in [1.29, 1.82) is 0 Å². The Morgan fingerprint density at radius 3 is 2.53 bits per heavy atom. The second-order valence-corrected chi connectivity index (χ2v) is 8.63. The van der Waals surface area contributed by atoms with Crippen LogP contribution in [0, 0.1) is 5.92 Å². The van der Waals surface area contributed by atoms with E-state index in [2.05, 4.69) is 31.5 Å². The third-order valence-corrected chi connectivity index (χ3v) is 6.09. The number of fused-ring (bicyclic) bond motifs is 1. The summed E-state index contributed by atoms with van der Waals surface area (Å²) in [5.41, 5.74) is 2.43. The number of hydrogen-bond donors (Lipinski definition) is 2. The summed E-state index contributed by atoms with van der Waals surface area (Å²) in [6.07, 6.45) is 5.36. The standard InChI is InChI=1S/C23H25BrN4O2/c24-17-10-12-18(13-11-17)26-22(29)15-28-20-9-5-4-8-19(20)27-21(28)14-25-23(30)16-6-2-1-3-7-16/h4-5,8-13,16H,1-3,6-7,14-15H2,(H,25,30)(H,26,29). The summed E-state index contributed by atoms with van der Waals surface area (Å²) < 4.78 is 2.84. The first-order valence-electron chi connectivity index (χ1n) is 10.4. The molecule has 7 heteroatoms. The number of hydrogen-bond acceptors (Lipinski definition) is 3. The zero-order chi connectivity index (χ0) is 20.9. The number of amides is 2. The molecule has 0 unspecified atom stereocenters. The van der Waals surface area contributed by atoms with Gasteiger partial charge in [0.15, 0.2) is 0 Å². The van der Waals surface area contributed by atoms with Gasteiger partial charge in [-0.2, -0.15) is 0 Å². The van der Waals surface area contributed by atoms with Gasteiger partial charge in [0.1, 0.15) is 12.4 Å². The number of para-hydroxylation sites is 2. The minimum atomic E-state index is -0.139. The molecule has 0 bridgehead atoms. The highest BCUT2D eigenvalue weighted by molar-refractivity contribution is 9.10. The Hall–Kier alpha value is -2.67. The second-order valence-electron chi connectivity index (χ2n) is 7.71. The molecule has 0 radical (unpaired) electrons. The number of imidazole rings is 1. The third kappa shape index (κ3) is 4.90. The minimum Gasteiger partial charge on any atom is -0.349 e. The molecule has 2 N–H and O–H groups in total. The average Bonchev–Trinajstić information content (AvgIpc) is 3.11. The lowest BCUT2D eigenvalue weighted by atomic mass is 9.89. The average molecular weight is 469 g/mol. The first kappa shape index (κ1) is 20.6. The lowest BCUT2D eigenvalue weighted by Crippen LogP contribution is -2.32. The summed E-state index contributed by atoms with van der Waals surface area (Å²) in [5.74, 6) is 0.733. The molecule has 1 fully saturated rings. The zero-order valence-electron chi connectivity index (χ0n) is 16.7. The third-order valence-electron chi connectivity index (χ3n) is 5.56. The number of anilines is 1. The molecular formula is C23H25BrN4O2. The van der Waals surface area contributed by atoms with Crippen LogP contribution < -0.4 is 10.6 Å². The fourth-order valence-corrected chi connectivity index (χ4v) is 4.25. The van der Waals surface area contributed by atoms with Crippen LogP contribution in [0.3, 0.4) is 0 Å². The maximum absolute atomic E-state index is 12.7. The van der Waals surface area contributed by atoms with Gasteiger partial charge < -0.3 is 15.2 Å². The summed E-state index contributed by atoms with van der Waals surface area (Å²) >= 11 is 3.39. The van der Waals surface area contributed by atoms with Crippen LogP contribution in [0.15, 0.2) is 53.0 Å². The summed E-state index contributed by atoms with van der Waals surface area (Å²) in [7, 11) is 0. The van der Waals surface area contributed by atoms with E-state index in [-0.39, 0.29) is 24.3 Å². The Bertz CT molecular complexity index is 1040.